The topological polar surface area (TPSA) is 49.0 Å². The van der Waals surface area contributed by atoms with Crippen molar-refractivity contribution in [3.63, 3.8) is 0 Å². The first-order valence-corrected chi connectivity index (χ1v) is 5.07. The van der Waals surface area contributed by atoms with Gasteiger partial charge in [-0.3, -0.25) is 9.89 Å². The van der Waals surface area contributed by atoms with Crippen molar-refractivity contribution in [1.82, 2.24) is 15.1 Å². The van der Waals surface area contributed by atoms with E-state index in [0.29, 0.717) is 5.56 Å². The van der Waals surface area contributed by atoms with E-state index in [9.17, 15) is 4.79 Å². The first-order chi connectivity index (χ1) is 6.79. The van der Waals surface area contributed by atoms with E-state index in [1.807, 2.05) is 11.8 Å². The van der Waals surface area contributed by atoms with Crippen molar-refractivity contribution < 1.29 is 4.79 Å². The lowest BCUT2D eigenvalue weighted by Gasteiger charge is -2.19. The molecule has 4 nitrogen and oxygen atoms in total. The first kappa shape index (κ1) is 10.8. The zero-order valence-electron chi connectivity index (χ0n) is 8.79. The van der Waals surface area contributed by atoms with Crippen molar-refractivity contribution in [3.8, 4) is 0 Å². The molecule has 0 aromatic carbocycles. The van der Waals surface area contributed by atoms with Crippen molar-refractivity contribution in [2.24, 2.45) is 0 Å². The van der Waals surface area contributed by atoms with Crippen LogP contribution in [0.25, 0.3) is 0 Å². The minimum absolute atomic E-state index is 0.0645. The van der Waals surface area contributed by atoms with Gasteiger partial charge in [0.25, 0.3) is 5.91 Å². The highest BCUT2D eigenvalue weighted by molar-refractivity contribution is 5.93. The zero-order chi connectivity index (χ0) is 10.4. The molecule has 0 radical (unpaired) electrons. The Bertz CT molecular complexity index is 269. The molecule has 0 aliphatic rings. The average molecular weight is 195 g/mol. The summed E-state index contributed by atoms with van der Waals surface area (Å²) >= 11 is 0. The molecule has 1 rings (SSSR count). The first-order valence-electron chi connectivity index (χ1n) is 5.07. The van der Waals surface area contributed by atoms with Gasteiger partial charge >= 0.3 is 0 Å². The molecule has 1 N–H and O–H groups in total. The highest BCUT2D eigenvalue weighted by atomic mass is 16.2. The third-order valence-corrected chi connectivity index (χ3v) is 2.20. The molecule has 14 heavy (non-hydrogen) atoms. The van der Waals surface area contributed by atoms with Crippen molar-refractivity contribution in [2.45, 2.75) is 26.7 Å². The number of hydrogen-bond acceptors (Lipinski definition) is 2. The fourth-order valence-electron chi connectivity index (χ4n) is 1.30. The van der Waals surface area contributed by atoms with Gasteiger partial charge in [-0.05, 0) is 13.3 Å². The largest absolute Gasteiger partial charge is 0.339 e. The van der Waals surface area contributed by atoms with Crippen LogP contribution in [0.1, 0.15) is 37.0 Å². The summed E-state index contributed by atoms with van der Waals surface area (Å²) in [6.45, 7) is 5.70. The van der Waals surface area contributed by atoms with Crippen LogP contribution >= 0.6 is 0 Å². The molecule has 0 fully saturated rings. The Morgan fingerprint density at radius 2 is 2.36 bits per heavy atom. The SMILES string of the molecule is CCCCN(CC)C(=O)c1cn[nH]c1. The Labute approximate surface area is 84.3 Å². The summed E-state index contributed by atoms with van der Waals surface area (Å²) < 4.78 is 0. The van der Waals surface area contributed by atoms with Gasteiger partial charge in [0.15, 0.2) is 0 Å². The molecule has 0 atom stereocenters. The molecule has 1 aromatic heterocycles. The molecule has 4 heteroatoms. The number of carbonyl (C=O) groups excluding carboxylic acids is 1. The predicted molar refractivity (Wildman–Crippen MR) is 55.1 cm³/mol. The molecular formula is C10H17N3O. The highest BCUT2D eigenvalue weighted by Gasteiger charge is 2.13. The van der Waals surface area contributed by atoms with Crippen LogP contribution in [0.3, 0.4) is 0 Å². The van der Waals surface area contributed by atoms with Crippen molar-refractivity contribution in [2.75, 3.05) is 13.1 Å². The summed E-state index contributed by atoms with van der Waals surface area (Å²) in [6.07, 6.45) is 5.36. The van der Waals surface area contributed by atoms with Crippen LogP contribution in [-0.4, -0.2) is 34.1 Å². The van der Waals surface area contributed by atoms with E-state index in [0.717, 1.165) is 25.9 Å². The Hall–Kier alpha value is -1.32. The van der Waals surface area contributed by atoms with Crippen LogP contribution in [0.5, 0.6) is 0 Å². The lowest BCUT2D eigenvalue weighted by atomic mass is 10.2. The summed E-state index contributed by atoms with van der Waals surface area (Å²) in [4.78, 5) is 13.7. The van der Waals surface area contributed by atoms with E-state index in [1.54, 1.807) is 12.4 Å². The maximum absolute atomic E-state index is 11.8. The van der Waals surface area contributed by atoms with Gasteiger partial charge in [0.2, 0.25) is 0 Å². The molecule has 0 saturated carbocycles. The second kappa shape index (κ2) is 5.42. The van der Waals surface area contributed by atoms with Gasteiger partial charge in [-0.15, -0.1) is 0 Å². The molecule has 0 saturated heterocycles. The normalized spacial score (nSPS) is 10.1. The Morgan fingerprint density at radius 1 is 1.57 bits per heavy atom. The number of carbonyl (C=O) groups is 1. The van der Waals surface area contributed by atoms with E-state index in [4.69, 9.17) is 0 Å². The van der Waals surface area contributed by atoms with Gasteiger partial charge in [-0.1, -0.05) is 13.3 Å². The number of H-pyrrole nitrogens is 1. The van der Waals surface area contributed by atoms with Crippen LogP contribution in [0.15, 0.2) is 12.4 Å². The number of aromatic nitrogens is 2. The summed E-state index contributed by atoms with van der Waals surface area (Å²) in [7, 11) is 0. The van der Waals surface area contributed by atoms with E-state index >= 15 is 0 Å². The van der Waals surface area contributed by atoms with Crippen LogP contribution in [0.4, 0.5) is 0 Å². The second-order valence-corrected chi connectivity index (χ2v) is 3.23. The van der Waals surface area contributed by atoms with E-state index in [2.05, 4.69) is 17.1 Å². The highest BCUT2D eigenvalue weighted by Crippen LogP contribution is 2.03. The fourth-order valence-corrected chi connectivity index (χ4v) is 1.30. The summed E-state index contributed by atoms with van der Waals surface area (Å²) in [6, 6.07) is 0. The lowest BCUT2D eigenvalue weighted by Crippen LogP contribution is -2.31. The molecule has 1 heterocycles. The number of nitrogens with one attached hydrogen (secondary N) is 1. The van der Waals surface area contributed by atoms with Gasteiger partial charge in [-0.2, -0.15) is 5.10 Å². The minimum atomic E-state index is 0.0645. The Kier molecular flexibility index (Phi) is 4.16. The maximum atomic E-state index is 11.8. The second-order valence-electron chi connectivity index (χ2n) is 3.23. The summed E-state index contributed by atoms with van der Waals surface area (Å²) in [5.41, 5.74) is 0.642. The van der Waals surface area contributed by atoms with Gasteiger partial charge in [-0.25, -0.2) is 0 Å². The minimum Gasteiger partial charge on any atom is -0.339 e. The number of hydrogen-bond donors (Lipinski definition) is 1. The lowest BCUT2D eigenvalue weighted by molar-refractivity contribution is 0.0762. The van der Waals surface area contributed by atoms with Gasteiger partial charge in [0, 0.05) is 19.3 Å². The molecule has 0 aliphatic carbocycles. The number of aromatic amines is 1. The molecule has 0 bridgehead atoms. The smallest absolute Gasteiger partial charge is 0.257 e. The van der Waals surface area contributed by atoms with Crippen molar-refractivity contribution >= 4 is 5.91 Å². The van der Waals surface area contributed by atoms with Gasteiger partial charge in [0.1, 0.15) is 0 Å². The van der Waals surface area contributed by atoms with Crippen LogP contribution < -0.4 is 0 Å². The molecule has 0 unspecified atom stereocenters. The maximum Gasteiger partial charge on any atom is 0.257 e. The molecule has 1 amide bonds. The van der Waals surface area contributed by atoms with Crippen LogP contribution in [-0.2, 0) is 0 Å². The van der Waals surface area contributed by atoms with Crippen molar-refractivity contribution in [1.29, 1.82) is 0 Å². The molecule has 0 aliphatic heterocycles. The van der Waals surface area contributed by atoms with Gasteiger partial charge < -0.3 is 4.90 Å². The fraction of sp³-hybridized carbons (Fsp3) is 0.600. The number of unbranched alkanes of at least 4 members (excludes halogenated alkanes) is 1. The van der Waals surface area contributed by atoms with Crippen LogP contribution in [0, 0.1) is 0 Å². The molecular weight excluding hydrogens is 178 g/mol. The van der Waals surface area contributed by atoms with Gasteiger partial charge in [0.05, 0.1) is 11.8 Å². The van der Waals surface area contributed by atoms with E-state index < -0.39 is 0 Å². The monoisotopic (exact) mass is 195 g/mol. The quantitative estimate of drug-likeness (QED) is 0.777. The van der Waals surface area contributed by atoms with Crippen molar-refractivity contribution in [3.05, 3.63) is 18.0 Å². The molecule has 0 spiro atoms. The van der Waals surface area contributed by atoms with E-state index in [1.165, 1.54) is 0 Å². The third kappa shape index (κ3) is 2.58. The average Bonchev–Trinajstić information content (AvgIpc) is 2.71. The van der Waals surface area contributed by atoms with E-state index in [-0.39, 0.29) is 5.91 Å². The third-order valence-electron chi connectivity index (χ3n) is 2.20. The number of nitrogens with zero attached hydrogens (tertiary/aromatic N) is 2. The summed E-state index contributed by atoms with van der Waals surface area (Å²) in [5.74, 6) is 0.0645. The molecule has 78 valence electrons. The van der Waals surface area contributed by atoms with Crippen LogP contribution in [0.2, 0.25) is 0 Å². The Morgan fingerprint density at radius 3 is 2.86 bits per heavy atom. The number of rotatable bonds is 5. The molecule has 1 aromatic rings. The summed E-state index contributed by atoms with van der Waals surface area (Å²) in [5, 5.41) is 6.42. The zero-order valence-corrected chi connectivity index (χ0v) is 8.79. The number of amides is 1. The standard InChI is InChI=1S/C10H17N3O/c1-3-5-6-13(4-2)10(14)9-7-11-12-8-9/h7-8H,3-6H2,1-2H3,(H,11,12). The Balaban J connectivity index is 2.56. The predicted octanol–water partition coefficient (Wildman–Crippen LogP) is 1.67.